The van der Waals surface area contributed by atoms with E-state index in [1.165, 1.54) is 0 Å². The minimum absolute atomic E-state index is 0.0412. The number of hydrogen-bond acceptors (Lipinski definition) is 5. The van der Waals surface area contributed by atoms with Crippen molar-refractivity contribution in [3.8, 4) is 22.8 Å². The molecule has 1 unspecified atom stereocenters. The monoisotopic (exact) mass is 378 g/mol. The van der Waals surface area contributed by atoms with E-state index in [2.05, 4.69) is 5.16 Å². The maximum atomic E-state index is 13.1. The maximum absolute atomic E-state index is 13.1. The number of benzene rings is 2. The lowest BCUT2D eigenvalue weighted by atomic mass is 10.0. The number of carbonyl (C=O) groups is 1. The number of nitrogens with zero attached hydrogens (tertiary/aromatic N) is 2. The molecule has 1 aliphatic heterocycles. The maximum Gasteiger partial charge on any atom is 0.276 e. The molecule has 144 valence electrons. The van der Waals surface area contributed by atoms with Crippen molar-refractivity contribution in [1.29, 1.82) is 0 Å². The molecule has 4 rings (SSSR count). The standard InChI is InChI=1S/C22H22N2O4/c1-26-17-9-5-15(6-10-17)20-4-3-13-24(20)22(25)19-14-21(28-23-19)16-7-11-18(27-2)12-8-16/h5-12,14,20H,3-4,13H2,1-2H3. The molecule has 0 N–H and O–H groups in total. The lowest BCUT2D eigenvalue weighted by Gasteiger charge is -2.24. The summed E-state index contributed by atoms with van der Waals surface area (Å²) in [5.74, 6) is 2.02. The third-order valence-corrected chi connectivity index (χ3v) is 5.12. The summed E-state index contributed by atoms with van der Waals surface area (Å²) in [6.45, 7) is 0.709. The SMILES string of the molecule is COc1ccc(-c2cc(C(=O)N3CCCC3c3ccc(OC)cc3)no2)cc1. The number of likely N-dealkylation sites (tertiary alicyclic amines) is 1. The van der Waals surface area contributed by atoms with E-state index in [1.807, 2.05) is 53.4 Å². The Balaban J connectivity index is 1.53. The molecule has 1 aromatic heterocycles. The van der Waals surface area contributed by atoms with Crippen LogP contribution in [-0.2, 0) is 0 Å². The van der Waals surface area contributed by atoms with Gasteiger partial charge in [0.2, 0.25) is 0 Å². The van der Waals surface area contributed by atoms with Crippen LogP contribution in [0.25, 0.3) is 11.3 Å². The average molecular weight is 378 g/mol. The zero-order chi connectivity index (χ0) is 19.5. The highest BCUT2D eigenvalue weighted by Crippen LogP contribution is 2.34. The highest BCUT2D eigenvalue weighted by molar-refractivity contribution is 5.93. The molecule has 0 aliphatic carbocycles. The van der Waals surface area contributed by atoms with Gasteiger partial charge in [0.1, 0.15) is 11.5 Å². The number of methoxy groups -OCH3 is 2. The van der Waals surface area contributed by atoms with Crippen LogP contribution >= 0.6 is 0 Å². The number of aromatic nitrogens is 1. The fourth-order valence-corrected chi connectivity index (χ4v) is 3.60. The van der Waals surface area contributed by atoms with Gasteiger partial charge in [0.25, 0.3) is 5.91 Å². The molecule has 2 heterocycles. The minimum atomic E-state index is -0.109. The van der Waals surface area contributed by atoms with Crippen LogP contribution in [-0.4, -0.2) is 36.7 Å². The van der Waals surface area contributed by atoms with Crippen LogP contribution in [0.4, 0.5) is 0 Å². The molecule has 0 saturated carbocycles. The largest absolute Gasteiger partial charge is 0.497 e. The van der Waals surface area contributed by atoms with Gasteiger partial charge in [-0.3, -0.25) is 4.79 Å². The molecular formula is C22H22N2O4. The molecule has 1 atom stereocenters. The number of rotatable bonds is 5. The van der Waals surface area contributed by atoms with Crippen LogP contribution in [0, 0.1) is 0 Å². The predicted molar refractivity (Wildman–Crippen MR) is 104 cm³/mol. The Morgan fingerprint density at radius 2 is 1.68 bits per heavy atom. The molecule has 6 heteroatoms. The van der Waals surface area contributed by atoms with Crippen LogP contribution in [0.15, 0.2) is 59.1 Å². The van der Waals surface area contributed by atoms with Gasteiger partial charge in [-0.05, 0) is 54.8 Å². The zero-order valence-corrected chi connectivity index (χ0v) is 15.9. The number of ether oxygens (including phenoxy) is 2. The van der Waals surface area contributed by atoms with Crippen molar-refractivity contribution in [2.24, 2.45) is 0 Å². The van der Waals surface area contributed by atoms with Crippen molar-refractivity contribution >= 4 is 5.91 Å². The molecule has 6 nitrogen and oxygen atoms in total. The zero-order valence-electron chi connectivity index (χ0n) is 15.9. The van der Waals surface area contributed by atoms with E-state index in [-0.39, 0.29) is 11.9 Å². The average Bonchev–Trinajstić information content (AvgIpc) is 3.43. The van der Waals surface area contributed by atoms with Crippen LogP contribution in [0.5, 0.6) is 11.5 Å². The number of amides is 1. The van der Waals surface area contributed by atoms with E-state index >= 15 is 0 Å². The Labute approximate surface area is 163 Å². The second-order valence-corrected chi connectivity index (χ2v) is 6.73. The Kier molecular flexibility index (Phi) is 5.02. The molecule has 0 radical (unpaired) electrons. The van der Waals surface area contributed by atoms with Crippen molar-refractivity contribution in [3.05, 3.63) is 65.9 Å². The van der Waals surface area contributed by atoms with Crippen molar-refractivity contribution in [1.82, 2.24) is 10.1 Å². The highest BCUT2D eigenvalue weighted by atomic mass is 16.5. The van der Waals surface area contributed by atoms with Gasteiger partial charge < -0.3 is 18.9 Å². The van der Waals surface area contributed by atoms with Gasteiger partial charge in [-0.15, -0.1) is 0 Å². The fraction of sp³-hybridized carbons (Fsp3) is 0.273. The second-order valence-electron chi connectivity index (χ2n) is 6.73. The van der Waals surface area contributed by atoms with Crippen LogP contribution in [0.3, 0.4) is 0 Å². The molecule has 1 aliphatic rings. The topological polar surface area (TPSA) is 64.8 Å². The summed E-state index contributed by atoms with van der Waals surface area (Å²) in [6.07, 6.45) is 1.90. The lowest BCUT2D eigenvalue weighted by molar-refractivity contribution is 0.0725. The van der Waals surface area contributed by atoms with E-state index in [1.54, 1.807) is 20.3 Å². The van der Waals surface area contributed by atoms with Gasteiger partial charge in [-0.25, -0.2) is 0 Å². The molecule has 2 aromatic carbocycles. The molecule has 1 amide bonds. The summed E-state index contributed by atoms with van der Waals surface area (Å²) < 4.78 is 15.8. The predicted octanol–water partition coefficient (Wildman–Crippen LogP) is 4.34. The van der Waals surface area contributed by atoms with Gasteiger partial charge in [0.15, 0.2) is 11.5 Å². The molecule has 1 saturated heterocycles. The van der Waals surface area contributed by atoms with E-state index < -0.39 is 0 Å². The Morgan fingerprint density at radius 1 is 1.04 bits per heavy atom. The van der Waals surface area contributed by atoms with E-state index in [0.717, 1.165) is 35.5 Å². The molecular weight excluding hydrogens is 356 g/mol. The first kappa shape index (κ1) is 18.1. The first-order valence-electron chi connectivity index (χ1n) is 9.25. The molecule has 0 spiro atoms. The number of carbonyl (C=O) groups excluding carboxylic acids is 1. The van der Waals surface area contributed by atoms with Gasteiger partial charge in [0, 0.05) is 18.2 Å². The molecule has 0 bridgehead atoms. The van der Waals surface area contributed by atoms with Gasteiger partial charge in [-0.1, -0.05) is 17.3 Å². The first-order chi connectivity index (χ1) is 13.7. The fourth-order valence-electron chi connectivity index (χ4n) is 3.60. The second kappa shape index (κ2) is 7.76. The lowest BCUT2D eigenvalue weighted by Crippen LogP contribution is -2.30. The van der Waals surface area contributed by atoms with Crippen LogP contribution in [0.2, 0.25) is 0 Å². The molecule has 28 heavy (non-hydrogen) atoms. The quantitative estimate of drug-likeness (QED) is 0.661. The van der Waals surface area contributed by atoms with Crippen molar-refractivity contribution in [2.75, 3.05) is 20.8 Å². The summed E-state index contributed by atoms with van der Waals surface area (Å²) in [4.78, 5) is 14.9. The van der Waals surface area contributed by atoms with Gasteiger partial charge in [-0.2, -0.15) is 0 Å². The minimum Gasteiger partial charge on any atom is -0.497 e. The molecule has 1 fully saturated rings. The third-order valence-electron chi connectivity index (χ3n) is 5.12. The van der Waals surface area contributed by atoms with Crippen molar-refractivity contribution in [3.63, 3.8) is 0 Å². The Bertz CT molecular complexity index is 947. The third kappa shape index (κ3) is 3.45. The van der Waals surface area contributed by atoms with Gasteiger partial charge in [0.05, 0.1) is 20.3 Å². The van der Waals surface area contributed by atoms with Crippen molar-refractivity contribution < 1.29 is 18.8 Å². The van der Waals surface area contributed by atoms with Crippen LogP contribution in [0.1, 0.15) is 34.9 Å². The van der Waals surface area contributed by atoms with Crippen molar-refractivity contribution in [2.45, 2.75) is 18.9 Å². The van der Waals surface area contributed by atoms with E-state index in [4.69, 9.17) is 14.0 Å². The Morgan fingerprint density at radius 3 is 2.32 bits per heavy atom. The molecule has 3 aromatic rings. The summed E-state index contributed by atoms with van der Waals surface area (Å²) in [6, 6.07) is 17.1. The summed E-state index contributed by atoms with van der Waals surface area (Å²) >= 11 is 0. The van der Waals surface area contributed by atoms with E-state index in [9.17, 15) is 4.79 Å². The number of hydrogen-bond donors (Lipinski definition) is 0. The first-order valence-corrected chi connectivity index (χ1v) is 9.25. The highest BCUT2D eigenvalue weighted by Gasteiger charge is 2.32. The van der Waals surface area contributed by atoms with Gasteiger partial charge >= 0.3 is 0 Å². The summed E-state index contributed by atoms with van der Waals surface area (Å²) in [5, 5.41) is 4.02. The smallest absolute Gasteiger partial charge is 0.276 e. The summed E-state index contributed by atoms with van der Waals surface area (Å²) in [7, 11) is 3.26. The van der Waals surface area contributed by atoms with Crippen LogP contribution < -0.4 is 9.47 Å². The normalized spacial score (nSPS) is 16.2. The Hall–Kier alpha value is -3.28. The summed E-state index contributed by atoms with van der Waals surface area (Å²) in [5.41, 5.74) is 2.28. The van der Waals surface area contributed by atoms with E-state index in [0.29, 0.717) is 18.0 Å².